The summed E-state index contributed by atoms with van der Waals surface area (Å²) in [6.07, 6.45) is 4.11. The summed E-state index contributed by atoms with van der Waals surface area (Å²) in [6, 6.07) is 12.0. The van der Waals surface area contributed by atoms with Crippen molar-refractivity contribution in [2.24, 2.45) is 4.99 Å². The largest absolute Gasteiger partial charge is 0.315 e. The van der Waals surface area contributed by atoms with Gasteiger partial charge in [0.25, 0.3) is 5.91 Å². The predicted molar refractivity (Wildman–Crippen MR) is 116 cm³/mol. The Morgan fingerprint density at radius 1 is 1.19 bits per heavy atom. The van der Waals surface area contributed by atoms with Gasteiger partial charge in [-0.3, -0.25) is 4.79 Å². The number of thioether (sulfide) groups is 2. The summed E-state index contributed by atoms with van der Waals surface area (Å²) < 4.78 is 3.40. The van der Waals surface area contributed by atoms with E-state index in [0.29, 0.717) is 5.56 Å². The fourth-order valence-corrected chi connectivity index (χ4v) is 4.83. The van der Waals surface area contributed by atoms with Crippen LogP contribution in [0.4, 0.5) is 0 Å². The number of amides is 1. The maximum absolute atomic E-state index is 12.7. The molecule has 0 spiro atoms. The van der Waals surface area contributed by atoms with Gasteiger partial charge in [0.15, 0.2) is 4.80 Å². The number of aromatic nitrogens is 1. The fourth-order valence-electron chi connectivity index (χ4n) is 2.90. The molecule has 0 saturated heterocycles. The lowest BCUT2D eigenvalue weighted by Gasteiger charge is -2.05. The fraction of sp³-hybridized carbons (Fsp3) is 0.300. The summed E-state index contributed by atoms with van der Waals surface area (Å²) in [5.74, 6) is 0.807. The van der Waals surface area contributed by atoms with Gasteiger partial charge in [-0.05, 0) is 61.8 Å². The van der Waals surface area contributed by atoms with Gasteiger partial charge < -0.3 is 4.57 Å². The third kappa shape index (κ3) is 4.08. The average molecular weight is 403 g/mol. The van der Waals surface area contributed by atoms with Crippen molar-refractivity contribution in [1.29, 1.82) is 0 Å². The van der Waals surface area contributed by atoms with Gasteiger partial charge in [-0.2, -0.15) is 16.8 Å². The molecule has 0 N–H and O–H groups in total. The molecule has 2 aromatic carbocycles. The first-order chi connectivity index (χ1) is 12.5. The van der Waals surface area contributed by atoms with Crippen molar-refractivity contribution >= 4 is 51.0 Å². The topological polar surface area (TPSA) is 34.4 Å². The zero-order chi connectivity index (χ0) is 18.7. The zero-order valence-corrected chi connectivity index (χ0v) is 17.9. The van der Waals surface area contributed by atoms with Gasteiger partial charge in [-0.25, -0.2) is 0 Å². The second-order valence-electron chi connectivity index (χ2n) is 6.11. The van der Waals surface area contributed by atoms with E-state index in [-0.39, 0.29) is 5.91 Å². The SMILES string of the molecule is CSCCn1c(=NC(=O)c2cccc(SC)c2)sc2c(C)cc(C)cc21. The summed E-state index contributed by atoms with van der Waals surface area (Å²) in [6.45, 7) is 5.08. The average Bonchev–Trinajstić information content (AvgIpc) is 2.97. The van der Waals surface area contributed by atoms with Gasteiger partial charge in [-0.1, -0.05) is 23.5 Å². The highest BCUT2D eigenvalue weighted by atomic mass is 32.2. The minimum absolute atomic E-state index is 0.181. The minimum atomic E-state index is -0.181. The molecule has 0 aliphatic rings. The van der Waals surface area contributed by atoms with Gasteiger partial charge in [0.1, 0.15) is 0 Å². The van der Waals surface area contributed by atoms with Crippen LogP contribution < -0.4 is 4.80 Å². The van der Waals surface area contributed by atoms with E-state index < -0.39 is 0 Å². The highest BCUT2D eigenvalue weighted by molar-refractivity contribution is 7.98. The molecule has 0 aliphatic heterocycles. The summed E-state index contributed by atoms with van der Waals surface area (Å²) in [5, 5.41) is 0. The van der Waals surface area contributed by atoms with Crippen LogP contribution in [0.5, 0.6) is 0 Å². The quantitative estimate of drug-likeness (QED) is 0.554. The van der Waals surface area contributed by atoms with Crippen molar-refractivity contribution in [2.75, 3.05) is 18.3 Å². The van der Waals surface area contributed by atoms with Crippen LogP contribution in [-0.2, 0) is 6.54 Å². The third-order valence-electron chi connectivity index (χ3n) is 4.15. The Labute approximate surface area is 166 Å². The lowest BCUT2D eigenvalue weighted by Crippen LogP contribution is -2.18. The van der Waals surface area contributed by atoms with E-state index in [4.69, 9.17) is 0 Å². The number of aryl methyl sites for hydroxylation is 3. The summed E-state index contributed by atoms with van der Waals surface area (Å²) in [4.78, 5) is 19.1. The Hall–Kier alpha value is -1.50. The molecule has 6 heteroatoms. The molecule has 1 aromatic heterocycles. The maximum atomic E-state index is 12.7. The Morgan fingerprint density at radius 3 is 2.73 bits per heavy atom. The van der Waals surface area contributed by atoms with E-state index in [1.807, 2.05) is 30.5 Å². The van der Waals surface area contributed by atoms with Crippen LogP contribution in [0.1, 0.15) is 21.5 Å². The van der Waals surface area contributed by atoms with Crippen LogP contribution in [0.25, 0.3) is 10.2 Å². The molecule has 26 heavy (non-hydrogen) atoms. The molecule has 0 atom stereocenters. The Bertz CT molecular complexity index is 1020. The predicted octanol–water partition coefficient (Wildman–Crippen LogP) is 5.15. The van der Waals surface area contributed by atoms with E-state index in [2.05, 4.69) is 41.8 Å². The molecule has 3 nitrogen and oxygen atoms in total. The number of carbonyl (C=O) groups excluding carboxylic acids is 1. The van der Waals surface area contributed by atoms with Crippen LogP contribution in [0.2, 0.25) is 0 Å². The van der Waals surface area contributed by atoms with Crippen LogP contribution in [0, 0.1) is 13.8 Å². The molecule has 0 bridgehead atoms. The monoisotopic (exact) mass is 402 g/mol. The Kier molecular flexibility index (Phi) is 6.27. The van der Waals surface area contributed by atoms with E-state index in [1.165, 1.54) is 21.3 Å². The molecule has 136 valence electrons. The molecular formula is C20H22N2OS3. The highest BCUT2D eigenvalue weighted by Gasteiger charge is 2.11. The van der Waals surface area contributed by atoms with E-state index in [9.17, 15) is 4.79 Å². The van der Waals surface area contributed by atoms with Gasteiger partial charge in [0.2, 0.25) is 0 Å². The molecule has 0 aliphatic carbocycles. The van der Waals surface area contributed by atoms with Crippen LogP contribution in [-0.4, -0.2) is 28.7 Å². The van der Waals surface area contributed by atoms with Gasteiger partial charge in [0.05, 0.1) is 10.2 Å². The van der Waals surface area contributed by atoms with Crippen LogP contribution in [0.15, 0.2) is 46.3 Å². The number of hydrogen-bond donors (Lipinski definition) is 0. The molecule has 0 saturated carbocycles. The first-order valence-corrected chi connectivity index (χ1v) is 11.8. The maximum Gasteiger partial charge on any atom is 0.279 e. The van der Waals surface area contributed by atoms with E-state index >= 15 is 0 Å². The van der Waals surface area contributed by atoms with Crippen molar-refractivity contribution in [3.8, 4) is 0 Å². The Balaban J connectivity index is 2.14. The molecule has 0 radical (unpaired) electrons. The standard InChI is InChI=1S/C20H22N2OS3/c1-13-10-14(2)18-17(11-13)22(8-9-24-3)20(26-18)21-19(23)15-6-5-7-16(12-15)25-4/h5-7,10-12H,8-9H2,1-4H3. The van der Waals surface area contributed by atoms with Gasteiger partial charge in [0, 0.05) is 22.8 Å². The second-order valence-corrected chi connectivity index (χ2v) is 8.95. The summed E-state index contributed by atoms with van der Waals surface area (Å²) in [5.41, 5.74) is 4.28. The number of carbonyl (C=O) groups is 1. The second kappa shape index (κ2) is 8.46. The van der Waals surface area contributed by atoms with Crippen molar-refractivity contribution < 1.29 is 4.79 Å². The van der Waals surface area contributed by atoms with Crippen LogP contribution in [0.3, 0.4) is 0 Å². The summed E-state index contributed by atoms with van der Waals surface area (Å²) >= 11 is 5.03. The number of rotatable bonds is 5. The summed E-state index contributed by atoms with van der Waals surface area (Å²) in [7, 11) is 0. The minimum Gasteiger partial charge on any atom is -0.315 e. The molecule has 1 amide bonds. The van der Waals surface area contributed by atoms with Crippen molar-refractivity contribution in [1.82, 2.24) is 4.57 Å². The van der Waals surface area contributed by atoms with Crippen LogP contribution >= 0.6 is 34.9 Å². The molecule has 1 heterocycles. The van der Waals surface area contributed by atoms with Gasteiger partial charge in [-0.15, -0.1) is 11.8 Å². The normalized spacial score (nSPS) is 12.1. The first-order valence-electron chi connectivity index (χ1n) is 8.36. The molecule has 0 fully saturated rings. The van der Waals surface area contributed by atoms with Gasteiger partial charge >= 0.3 is 0 Å². The molecule has 3 rings (SSSR count). The number of nitrogens with zero attached hydrogens (tertiary/aromatic N) is 2. The molecular weight excluding hydrogens is 380 g/mol. The van der Waals surface area contributed by atoms with Crippen molar-refractivity contribution in [2.45, 2.75) is 25.3 Å². The first kappa shape index (κ1) is 19.3. The molecule has 0 unspecified atom stereocenters. The lowest BCUT2D eigenvalue weighted by molar-refractivity contribution is 0.0997. The number of fused-ring (bicyclic) bond motifs is 1. The smallest absolute Gasteiger partial charge is 0.279 e. The zero-order valence-electron chi connectivity index (χ0n) is 15.4. The van der Waals surface area contributed by atoms with Crippen molar-refractivity contribution in [3.63, 3.8) is 0 Å². The van der Waals surface area contributed by atoms with E-state index in [0.717, 1.165) is 22.0 Å². The lowest BCUT2D eigenvalue weighted by atomic mass is 10.1. The highest BCUT2D eigenvalue weighted by Crippen LogP contribution is 2.24. The van der Waals surface area contributed by atoms with Crippen molar-refractivity contribution in [3.05, 3.63) is 57.9 Å². The number of thiazole rings is 1. The third-order valence-corrected chi connectivity index (χ3v) is 6.69. The number of hydrogen-bond acceptors (Lipinski definition) is 4. The Morgan fingerprint density at radius 2 is 2.00 bits per heavy atom. The number of benzene rings is 2. The van der Waals surface area contributed by atoms with E-state index in [1.54, 1.807) is 34.9 Å². The molecule has 3 aromatic rings.